The van der Waals surface area contributed by atoms with Gasteiger partial charge in [-0.1, -0.05) is 54.6 Å². The standard InChI is InChI=1S/C36H30FN9O5/c1-20-10-8-15-27-31(25-13-4-6-16-28(25)37)39-34(40-36(51)38-24-12-9-11-23(18-24)33-41-43-44-42-33)35(50)45(32(20)27)19-30(49)26-14-5-7-17-29(26)46(21(2)47)22(3)48/h4-18,34H,19H2,1-3H3,(H2,38,40,51)(H,41,42,43,44)/t34-/m0/s1. The summed E-state index contributed by atoms with van der Waals surface area (Å²) in [6, 6.07) is 22.8. The molecule has 0 saturated carbocycles. The maximum Gasteiger partial charge on any atom is 0.321 e. The number of aliphatic imine (C=N–C) groups is 1. The van der Waals surface area contributed by atoms with Gasteiger partial charge in [-0.25, -0.2) is 14.2 Å². The fraction of sp³-hybridized carbons (Fsp3) is 0.139. The highest BCUT2D eigenvalue weighted by Crippen LogP contribution is 2.33. The number of benzene rings is 4. The van der Waals surface area contributed by atoms with Crippen LogP contribution in [0.25, 0.3) is 11.4 Å². The third kappa shape index (κ3) is 6.98. The number of carbonyl (C=O) groups excluding carboxylic acids is 5. The summed E-state index contributed by atoms with van der Waals surface area (Å²) in [5, 5.41) is 19.0. The molecular formula is C36H30FN9O5. The number of ketones is 1. The molecule has 1 aliphatic heterocycles. The average Bonchev–Trinajstić information content (AvgIpc) is 3.62. The summed E-state index contributed by atoms with van der Waals surface area (Å²) >= 11 is 0. The summed E-state index contributed by atoms with van der Waals surface area (Å²) in [7, 11) is 0. The van der Waals surface area contributed by atoms with Crippen molar-refractivity contribution >= 4 is 52.3 Å². The topological polar surface area (TPSA) is 183 Å². The Labute approximate surface area is 290 Å². The first kappa shape index (κ1) is 34.0. The molecule has 256 valence electrons. The van der Waals surface area contributed by atoms with E-state index in [1.54, 1.807) is 67.6 Å². The largest absolute Gasteiger partial charge is 0.321 e. The van der Waals surface area contributed by atoms with Gasteiger partial charge in [-0.3, -0.25) is 24.1 Å². The molecule has 15 heteroatoms. The molecule has 14 nitrogen and oxygen atoms in total. The number of nitrogens with one attached hydrogen (secondary N) is 3. The molecule has 1 aliphatic rings. The molecule has 0 unspecified atom stereocenters. The average molecular weight is 688 g/mol. The lowest BCUT2D eigenvalue weighted by molar-refractivity contribution is -0.124. The van der Waals surface area contributed by atoms with E-state index >= 15 is 4.39 Å². The first-order chi connectivity index (χ1) is 24.5. The Hall–Kier alpha value is -6.90. The molecule has 0 fully saturated rings. The number of benzodiazepines with no additional fused rings is 1. The summed E-state index contributed by atoms with van der Waals surface area (Å²) < 4.78 is 15.4. The second kappa shape index (κ2) is 14.3. The molecule has 1 atom stereocenters. The smallest absolute Gasteiger partial charge is 0.308 e. The number of rotatable bonds is 8. The van der Waals surface area contributed by atoms with Crippen molar-refractivity contribution in [3.63, 3.8) is 0 Å². The van der Waals surface area contributed by atoms with Crippen molar-refractivity contribution in [3.8, 4) is 11.4 Å². The minimum Gasteiger partial charge on any atom is -0.308 e. The molecule has 0 saturated heterocycles. The van der Waals surface area contributed by atoms with Crippen molar-refractivity contribution in [2.45, 2.75) is 26.9 Å². The van der Waals surface area contributed by atoms with Crippen LogP contribution in [-0.4, -0.2) is 68.6 Å². The number of fused-ring (bicyclic) bond motifs is 1. The van der Waals surface area contributed by atoms with Crippen molar-refractivity contribution in [3.05, 3.63) is 119 Å². The molecule has 0 spiro atoms. The molecule has 51 heavy (non-hydrogen) atoms. The van der Waals surface area contributed by atoms with E-state index < -0.39 is 48.1 Å². The number of aromatic nitrogens is 4. The van der Waals surface area contributed by atoms with Gasteiger partial charge in [0.05, 0.1) is 23.6 Å². The first-order valence-electron chi connectivity index (χ1n) is 15.6. The Morgan fingerprint density at radius 2 is 1.61 bits per heavy atom. The van der Waals surface area contributed by atoms with Crippen LogP contribution >= 0.6 is 0 Å². The van der Waals surface area contributed by atoms with Gasteiger partial charge in [0.25, 0.3) is 5.91 Å². The summed E-state index contributed by atoms with van der Waals surface area (Å²) in [4.78, 5) is 73.6. The Bertz CT molecular complexity index is 2210. The van der Waals surface area contributed by atoms with Gasteiger partial charge in [-0.2, -0.15) is 5.21 Å². The van der Waals surface area contributed by atoms with Crippen LogP contribution in [0.3, 0.4) is 0 Å². The van der Waals surface area contributed by atoms with Crippen LogP contribution in [0, 0.1) is 12.7 Å². The predicted octanol–water partition coefficient (Wildman–Crippen LogP) is 4.43. The molecular weight excluding hydrogens is 657 g/mol. The normalized spacial score (nSPS) is 13.8. The van der Waals surface area contributed by atoms with Crippen LogP contribution in [0.2, 0.25) is 0 Å². The van der Waals surface area contributed by atoms with Gasteiger partial charge in [0, 0.05) is 41.8 Å². The molecule has 5 aromatic rings. The Balaban J connectivity index is 1.41. The van der Waals surface area contributed by atoms with Crippen molar-refractivity contribution in [1.82, 2.24) is 25.9 Å². The number of halogens is 1. The van der Waals surface area contributed by atoms with E-state index in [9.17, 15) is 24.0 Å². The summed E-state index contributed by atoms with van der Waals surface area (Å²) in [5.41, 5.74) is 2.23. The monoisotopic (exact) mass is 687 g/mol. The van der Waals surface area contributed by atoms with Crippen molar-refractivity contribution in [2.75, 3.05) is 21.7 Å². The van der Waals surface area contributed by atoms with Crippen LogP contribution in [-0.2, 0) is 14.4 Å². The second-order valence-corrected chi connectivity index (χ2v) is 11.5. The number of aryl methyl sites for hydroxylation is 1. The number of hydrogen-bond donors (Lipinski definition) is 3. The zero-order chi connectivity index (χ0) is 36.2. The third-order valence-electron chi connectivity index (χ3n) is 8.02. The van der Waals surface area contributed by atoms with E-state index in [1.165, 1.54) is 49.1 Å². The highest BCUT2D eigenvalue weighted by atomic mass is 19.1. The number of tetrazole rings is 1. The number of anilines is 3. The van der Waals surface area contributed by atoms with Gasteiger partial charge in [-0.15, -0.1) is 10.2 Å². The molecule has 0 radical (unpaired) electrons. The van der Waals surface area contributed by atoms with E-state index in [0.717, 1.165) is 4.90 Å². The van der Waals surface area contributed by atoms with Gasteiger partial charge < -0.3 is 15.5 Å². The number of hydrogen-bond acceptors (Lipinski definition) is 9. The fourth-order valence-corrected chi connectivity index (χ4v) is 5.84. The maximum absolute atomic E-state index is 15.4. The lowest BCUT2D eigenvalue weighted by Crippen LogP contribution is -2.50. The number of imide groups is 1. The second-order valence-electron chi connectivity index (χ2n) is 11.5. The molecule has 0 bridgehead atoms. The summed E-state index contributed by atoms with van der Waals surface area (Å²) in [6.07, 6.45) is -1.64. The number of nitrogens with zero attached hydrogens (tertiary/aromatic N) is 6. The van der Waals surface area contributed by atoms with Crippen LogP contribution in [0.5, 0.6) is 0 Å². The number of Topliss-reactive ketones (excluding diaryl/α,β-unsaturated/α-hetero) is 1. The van der Waals surface area contributed by atoms with Crippen LogP contribution in [0.15, 0.2) is 96.0 Å². The Morgan fingerprint density at radius 1 is 0.902 bits per heavy atom. The minimum atomic E-state index is -1.64. The first-order valence-corrected chi connectivity index (χ1v) is 15.6. The number of para-hydroxylation sites is 2. The summed E-state index contributed by atoms with van der Waals surface area (Å²) in [5.74, 6) is -2.94. The van der Waals surface area contributed by atoms with Crippen molar-refractivity contribution < 1.29 is 28.4 Å². The summed E-state index contributed by atoms with van der Waals surface area (Å²) in [6.45, 7) is 3.54. The molecule has 3 N–H and O–H groups in total. The number of carbonyl (C=O) groups is 5. The highest BCUT2D eigenvalue weighted by molar-refractivity contribution is 6.23. The van der Waals surface area contributed by atoms with E-state index in [2.05, 4.69) is 36.3 Å². The highest BCUT2D eigenvalue weighted by Gasteiger charge is 2.36. The van der Waals surface area contributed by atoms with Gasteiger partial charge in [-0.05, 0) is 54.1 Å². The van der Waals surface area contributed by atoms with E-state index in [1.807, 2.05) is 0 Å². The minimum absolute atomic E-state index is 0.00839. The SMILES string of the molecule is CC(=O)N(C(C)=O)c1ccccc1C(=O)CN1C(=O)[C@H](NC(=O)Nc2cccc(-c3nn[nH]n3)c2)N=C(c2ccccc2F)c2cccc(C)c21. The van der Waals surface area contributed by atoms with Gasteiger partial charge in [0.15, 0.2) is 5.78 Å². The number of amides is 5. The Kier molecular flexibility index (Phi) is 9.53. The van der Waals surface area contributed by atoms with Gasteiger partial charge in [0.2, 0.25) is 23.8 Å². The quantitative estimate of drug-likeness (QED) is 0.200. The number of aromatic amines is 1. The Morgan fingerprint density at radius 3 is 2.33 bits per heavy atom. The molecule has 4 aromatic carbocycles. The van der Waals surface area contributed by atoms with Crippen LogP contribution in [0.4, 0.5) is 26.2 Å². The van der Waals surface area contributed by atoms with Crippen molar-refractivity contribution in [1.29, 1.82) is 0 Å². The molecule has 1 aromatic heterocycles. The maximum atomic E-state index is 15.4. The van der Waals surface area contributed by atoms with Crippen molar-refractivity contribution in [2.24, 2.45) is 4.99 Å². The van der Waals surface area contributed by atoms with E-state index in [-0.39, 0.29) is 28.2 Å². The lowest BCUT2D eigenvalue weighted by Gasteiger charge is -2.27. The zero-order valence-electron chi connectivity index (χ0n) is 27.5. The number of urea groups is 1. The molecule has 0 aliphatic carbocycles. The van der Waals surface area contributed by atoms with Gasteiger partial charge in [0.1, 0.15) is 5.82 Å². The van der Waals surface area contributed by atoms with E-state index in [0.29, 0.717) is 28.2 Å². The molecule has 6 rings (SSSR count). The fourth-order valence-electron chi connectivity index (χ4n) is 5.84. The zero-order valence-corrected chi connectivity index (χ0v) is 27.5. The van der Waals surface area contributed by atoms with Crippen LogP contribution < -0.4 is 20.4 Å². The number of H-pyrrole nitrogens is 1. The lowest BCUT2D eigenvalue weighted by atomic mass is 9.97. The third-order valence-corrected chi connectivity index (χ3v) is 8.02. The molecule has 5 amide bonds. The predicted molar refractivity (Wildman–Crippen MR) is 186 cm³/mol. The van der Waals surface area contributed by atoms with Gasteiger partial charge >= 0.3 is 6.03 Å². The van der Waals surface area contributed by atoms with E-state index in [4.69, 9.17) is 0 Å². The molecule has 2 heterocycles. The van der Waals surface area contributed by atoms with Crippen LogP contribution in [0.1, 0.15) is 40.9 Å².